The fourth-order valence-electron chi connectivity index (χ4n) is 0.333. The van der Waals surface area contributed by atoms with Gasteiger partial charge in [0.05, 0.1) is 0 Å². The fraction of sp³-hybridized carbons (Fsp3) is 0.750. The Morgan fingerprint density at radius 1 is 1.38 bits per heavy atom. The molecule has 0 fully saturated rings. The van der Waals surface area contributed by atoms with Gasteiger partial charge in [-0.25, -0.2) is 0 Å². The maximum atomic E-state index is 2.20. The average Bonchev–Trinajstić information content (AvgIpc) is 1.65. The lowest BCUT2D eigenvalue weighted by atomic mass is 10.1. The highest BCUT2D eigenvalue weighted by Gasteiger charge is 1.90. The molecule has 0 bridgehead atoms. The summed E-state index contributed by atoms with van der Waals surface area (Å²) in [4.78, 5) is 0. The molecule has 0 aromatic carbocycles. The molecule has 0 heterocycles. The van der Waals surface area contributed by atoms with Crippen LogP contribution in [0.4, 0.5) is 0 Å². The smallest absolute Gasteiger partial charge is 0.0263 e. The molecule has 0 aliphatic rings. The Balaban J connectivity index is 0. The van der Waals surface area contributed by atoms with Gasteiger partial charge in [-0.1, -0.05) is 32.9 Å². The van der Waals surface area contributed by atoms with Crippen molar-refractivity contribution in [3.63, 3.8) is 0 Å². The maximum Gasteiger partial charge on any atom is -0.0263 e. The summed E-state index contributed by atoms with van der Waals surface area (Å²) >= 11 is 0. The summed E-state index contributed by atoms with van der Waals surface area (Å²) in [5.74, 6) is 0.727. The van der Waals surface area contributed by atoms with Crippen molar-refractivity contribution in [1.82, 2.24) is 0 Å². The van der Waals surface area contributed by atoms with Gasteiger partial charge in [0.1, 0.15) is 0 Å². The van der Waals surface area contributed by atoms with Crippen LogP contribution in [0, 0.1) is 5.92 Å². The van der Waals surface area contributed by atoms with Gasteiger partial charge in [-0.05, 0) is 19.8 Å². The Labute approximate surface area is 53.6 Å². The minimum absolute atomic E-state index is 0. The first kappa shape index (κ1) is 10.7. The number of hydrogen-bond acceptors (Lipinski definition) is 0. The van der Waals surface area contributed by atoms with Crippen molar-refractivity contribution >= 4 is 0 Å². The van der Waals surface area contributed by atoms with Crippen molar-refractivity contribution < 1.29 is 0 Å². The van der Waals surface area contributed by atoms with E-state index in [0.29, 0.717) is 0 Å². The monoisotopic (exact) mass is 114 g/mol. The van der Waals surface area contributed by atoms with E-state index in [2.05, 4.69) is 33.8 Å². The molecule has 0 radical (unpaired) electrons. The van der Waals surface area contributed by atoms with Crippen molar-refractivity contribution in [1.29, 1.82) is 0 Å². The number of allylic oxidation sites excluding steroid dienone is 2. The third-order valence-electron chi connectivity index (χ3n) is 1.37. The predicted molar refractivity (Wildman–Crippen MR) is 41.0 cm³/mol. The van der Waals surface area contributed by atoms with Gasteiger partial charge in [-0.15, -0.1) is 0 Å². The van der Waals surface area contributed by atoms with E-state index in [0.717, 1.165) is 5.92 Å². The second-order valence-corrected chi connectivity index (χ2v) is 2.19. The molecule has 0 aromatic heterocycles. The number of rotatable bonds is 1. The molecule has 0 aliphatic heterocycles. The molecule has 0 heteroatoms. The van der Waals surface area contributed by atoms with E-state index < -0.39 is 0 Å². The Morgan fingerprint density at radius 2 is 1.75 bits per heavy atom. The highest BCUT2D eigenvalue weighted by molar-refractivity contribution is 4.97. The van der Waals surface area contributed by atoms with Crippen LogP contribution in [-0.4, -0.2) is 0 Å². The van der Waals surface area contributed by atoms with Crippen molar-refractivity contribution in [2.45, 2.75) is 35.1 Å². The third kappa shape index (κ3) is 3.91. The molecule has 0 rings (SSSR count). The molecule has 0 nitrogen and oxygen atoms in total. The Morgan fingerprint density at radius 3 is 1.75 bits per heavy atom. The van der Waals surface area contributed by atoms with Crippen molar-refractivity contribution in [3.05, 3.63) is 11.6 Å². The first-order chi connectivity index (χ1) is 3.18. The van der Waals surface area contributed by atoms with Gasteiger partial charge < -0.3 is 0 Å². The van der Waals surface area contributed by atoms with Crippen LogP contribution in [0.2, 0.25) is 0 Å². The van der Waals surface area contributed by atoms with Gasteiger partial charge in [-0.3, -0.25) is 0 Å². The summed E-state index contributed by atoms with van der Waals surface area (Å²) in [6, 6.07) is 0. The zero-order valence-corrected chi connectivity index (χ0v) is 5.65. The second kappa shape index (κ2) is 4.89. The molecule has 0 spiro atoms. The van der Waals surface area contributed by atoms with E-state index in [4.69, 9.17) is 0 Å². The molecule has 0 aromatic rings. The van der Waals surface area contributed by atoms with Crippen LogP contribution in [-0.2, 0) is 0 Å². The molecule has 0 unspecified atom stereocenters. The Kier molecular flexibility index (Phi) is 6.52. The molecular weight excluding hydrogens is 96.1 g/mol. The van der Waals surface area contributed by atoms with E-state index in [1.54, 1.807) is 0 Å². The van der Waals surface area contributed by atoms with Crippen LogP contribution in [0.15, 0.2) is 11.6 Å². The zero-order chi connectivity index (χ0) is 5.86. The Bertz CT molecular complexity index is 68.1. The minimum Gasteiger partial charge on any atom is -0.0885 e. The molecule has 50 valence electrons. The van der Waals surface area contributed by atoms with Gasteiger partial charge in [0.25, 0.3) is 0 Å². The van der Waals surface area contributed by atoms with Gasteiger partial charge in [-0.2, -0.15) is 0 Å². The topological polar surface area (TPSA) is 0 Å². The normalized spacial score (nSPS) is 11.4. The molecule has 0 amide bonds. The Hall–Kier alpha value is -0.260. The minimum atomic E-state index is 0. The van der Waals surface area contributed by atoms with Crippen LogP contribution in [0.25, 0.3) is 0 Å². The lowest BCUT2D eigenvalue weighted by Crippen LogP contribution is -1.85. The van der Waals surface area contributed by atoms with Crippen LogP contribution in [0.3, 0.4) is 0 Å². The fourth-order valence-corrected chi connectivity index (χ4v) is 0.333. The summed E-state index contributed by atoms with van der Waals surface area (Å²) in [5, 5.41) is 0. The van der Waals surface area contributed by atoms with E-state index in [-0.39, 0.29) is 7.43 Å². The summed E-state index contributed by atoms with van der Waals surface area (Å²) in [7, 11) is 0. The molecule has 0 saturated carbocycles. The predicted octanol–water partition coefficient (Wildman–Crippen LogP) is 3.24. The zero-order valence-electron chi connectivity index (χ0n) is 5.65. The lowest BCUT2D eigenvalue weighted by Gasteiger charge is -2.00. The van der Waals surface area contributed by atoms with Crippen LogP contribution in [0.5, 0.6) is 0 Å². The molecular formula is C8H18. The van der Waals surface area contributed by atoms with Crippen molar-refractivity contribution in [2.75, 3.05) is 0 Å². The van der Waals surface area contributed by atoms with E-state index >= 15 is 0 Å². The summed E-state index contributed by atoms with van der Waals surface area (Å²) in [6.07, 6.45) is 2.16. The first-order valence-electron chi connectivity index (χ1n) is 2.81. The van der Waals surface area contributed by atoms with E-state index in [1.165, 1.54) is 5.57 Å². The summed E-state index contributed by atoms with van der Waals surface area (Å²) < 4.78 is 0. The van der Waals surface area contributed by atoms with Gasteiger partial charge in [0, 0.05) is 0 Å². The highest BCUT2D eigenvalue weighted by atomic mass is 14.0. The van der Waals surface area contributed by atoms with Gasteiger partial charge in [0.2, 0.25) is 0 Å². The lowest BCUT2D eigenvalue weighted by molar-refractivity contribution is 0.767. The molecule has 0 saturated heterocycles. The second-order valence-electron chi connectivity index (χ2n) is 2.19. The largest absolute Gasteiger partial charge is 0.0885 e. The molecule has 0 atom stereocenters. The van der Waals surface area contributed by atoms with Gasteiger partial charge in [0.15, 0.2) is 0 Å². The van der Waals surface area contributed by atoms with Crippen molar-refractivity contribution in [3.8, 4) is 0 Å². The van der Waals surface area contributed by atoms with Crippen LogP contribution < -0.4 is 0 Å². The van der Waals surface area contributed by atoms with Crippen molar-refractivity contribution in [2.24, 2.45) is 5.92 Å². The SMILES string of the molecule is C.C/C=C(\C)C(C)C. The molecule has 0 N–H and O–H groups in total. The van der Waals surface area contributed by atoms with Gasteiger partial charge >= 0.3 is 0 Å². The standard InChI is InChI=1S/C7H14.CH4/c1-5-7(4)6(2)3;/h5-6H,1-4H3;1H4/b7-5+;. The number of hydrogen-bond donors (Lipinski definition) is 0. The summed E-state index contributed by atoms with van der Waals surface area (Å²) in [6.45, 7) is 8.64. The highest BCUT2D eigenvalue weighted by Crippen LogP contribution is 2.05. The van der Waals surface area contributed by atoms with E-state index in [9.17, 15) is 0 Å². The first-order valence-corrected chi connectivity index (χ1v) is 2.81. The van der Waals surface area contributed by atoms with Crippen LogP contribution in [0.1, 0.15) is 35.1 Å². The summed E-state index contributed by atoms with van der Waals surface area (Å²) in [5.41, 5.74) is 1.47. The molecule has 0 aliphatic carbocycles. The maximum absolute atomic E-state index is 2.20. The third-order valence-corrected chi connectivity index (χ3v) is 1.37. The molecule has 8 heavy (non-hydrogen) atoms. The van der Waals surface area contributed by atoms with E-state index in [1.807, 2.05) is 0 Å². The van der Waals surface area contributed by atoms with Crippen LogP contribution >= 0.6 is 0 Å². The quantitative estimate of drug-likeness (QED) is 0.459. The average molecular weight is 114 g/mol.